The van der Waals surface area contributed by atoms with Gasteiger partial charge in [-0.2, -0.15) is 5.26 Å². The van der Waals surface area contributed by atoms with Crippen LogP contribution in [0.3, 0.4) is 0 Å². The molecule has 0 radical (unpaired) electrons. The zero-order valence-corrected chi connectivity index (χ0v) is 21.0. The van der Waals surface area contributed by atoms with Gasteiger partial charge in [-0.1, -0.05) is 35.3 Å². The van der Waals surface area contributed by atoms with Crippen LogP contribution in [0.25, 0.3) is 6.08 Å². The van der Waals surface area contributed by atoms with Crippen molar-refractivity contribution in [1.82, 2.24) is 0 Å². The average molecular weight is 525 g/mol. The SMILES string of the molecule is CCOC(=O)c1ccc(NC(=O)/C(C#N)=C/c2ccc(OCc3ccc(Cl)cc3Cl)c(OC)c2)cc1. The van der Waals surface area contributed by atoms with Crippen LogP contribution in [0.2, 0.25) is 10.0 Å². The van der Waals surface area contributed by atoms with Crippen molar-refractivity contribution in [3.8, 4) is 17.6 Å². The molecule has 1 amide bonds. The lowest BCUT2D eigenvalue weighted by molar-refractivity contribution is -0.112. The molecule has 3 rings (SSSR count). The third kappa shape index (κ3) is 7.01. The molecule has 0 aliphatic heterocycles. The van der Waals surface area contributed by atoms with Crippen molar-refractivity contribution in [2.24, 2.45) is 0 Å². The van der Waals surface area contributed by atoms with Gasteiger partial charge in [0.15, 0.2) is 11.5 Å². The molecule has 0 fully saturated rings. The number of esters is 1. The summed E-state index contributed by atoms with van der Waals surface area (Å²) in [5.41, 5.74) is 1.99. The first kappa shape index (κ1) is 26.6. The Kier molecular flexibility index (Phi) is 9.34. The summed E-state index contributed by atoms with van der Waals surface area (Å²) in [5, 5.41) is 13.2. The molecule has 0 aromatic heterocycles. The van der Waals surface area contributed by atoms with Crippen LogP contribution in [-0.2, 0) is 16.1 Å². The van der Waals surface area contributed by atoms with Crippen LogP contribution in [0, 0.1) is 11.3 Å². The molecule has 7 nitrogen and oxygen atoms in total. The molecule has 3 aromatic carbocycles. The van der Waals surface area contributed by atoms with Gasteiger partial charge < -0.3 is 19.5 Å². The Morgan fingerprint density at radius 3 is 2.42 bits per heavy atom. The number of halogens is 2. The zero-order chi connectivity index (χ0) is 26.1. The van der Waals surface area contributed by atoms with E-state index >= 15 is 0 Å². The molecule has 9 heteroatoms. The molecule has 0 unspecified atom stereocenters. The Bertz CT molecular complexity index is 1330. The molecule has 0 saturated carbocycles. The minimum atomic E-state index is -0.599. The maximum Gasteiger partial charge on any atom is 0.338 e. The highest BCUT2D eigenvalue weighted by molar-refractivity contribution is 6.35. The molecule has 0 saturated heterocycles. The Morgan fingerprint density at radius 2 is 1.78 bits per heavy atom. The minimum Gasteiger partial charge on any atom is -0.493 e. The third-order valence-electron chi connectivity index (χ3n) is 4.92. The van der Waals surface area contributed by atoms with Gasteiger partial charge in [0.25, 0.3) is 5.91 Å². The summed E-state index contributed by atoms with van der Waals surface area (Å²) in [6, 6.07) is 18.2. The molecule has 0 aliphatic carbocycles. The summed E-state index contributed by atoms with van der Waals surface area (Å²) in [6.45, 7) is 2.18. The number of methoxy groups -OCH3 is 1. The predicted molar refractivity (Wildman–Crippen MR) is 138 cm³/mol. The minimum absolute atomic E-state index is 0.117. The van der Waals surface area contributed by atoms with Crippen LogP contribution in [0.5, 0.6) is 11.5 Å². The number of nitriles is 1. The smallest absolute Gasteiger partial charge is 0.338 e. The summed E-state index contributed by atoms with van der Waals surface area (Å²) in [5.74, 6) is -0.171. The van der Waals surface area contributed by atoms with Crippen LogP contribution < -0.4 is 14.8 Å². The molecule has 3 aromatic rings. The lowest BCUT2D eigenvalue weighted by Crippen LogP contribution is -2.13. The van der Waals surface area contributed by atoms with E-state index in [1.807, 2.05) is 6.07 Å². The second-order valence-electron chi connectivity index (χ2n) is 7.36. The van der Waals surface area contributed by atoms with E-state index in [9.17, 15) is 14.9 Å². The number of rotatable bonds is 9. The van der Waals surface area contributed by atoms with Gasteiger partial charge in [-0.3, -0.25) is 4.79 Å². The first-order chi connectivity index (χ1) is 17.3. The number of nitrogens with zero attached hydrogens (tertiary/aromatic N) is 1. The molecular formula is C27H22Cl2N2O5. The van der Waals surface area contributed by atoms with Crippen molar-refractivity contribution in [3.63, 3.8) is 0 Å². The van der Waals surface area contributed by atoms with E-state index in [1.165, 1.54) is 25.3 Å². The second kappa shape index (κ2) is 12.6. The number of ether oxygens (including phenoxy) is 3. The number of carbonyl (C=O) groups excluding carboxylic acids is 2. The number of amides is 1. The number of carbonyl (C=O) groups is 2. The molecular weight excluding hydrogens is 503 g/mol. The summed E-state index contributed by atoms with van der Waals surface area (Å²) < 4.78 is 16.2. The Labute approximate surface area is 218 Å². The summed E-state index contributed by atoms with van der Waals surface area (Å²) in [4.78, 5) is 24.4. The lowest BCUT2D eigenvalue weighted by atomic mass is 10.1. The molecule has 1 N–H and O–H groups in total. The number of anilines is 1. The van der Waals surface area contributed by atoms with Crippen molar-refractivity contribution in [1.29, 1.82) is 5.26 Å². The van der Waals surface area contributed by atoms with Crippen LogP contribution in [-0.4, -0.2) is 25.6 Å². The van der Waals surface area contributed by atoms with Crippen molar-refractivity contribution >= 4 is 46.8 Å². The Morgan fingerprint density at radius 1 is 1.03 bits per heavy atom. The molecule has 0 heterocycles. The largest absolute Gasteiger partial charge is 0.493 e. The Hall–Kier alpha value is -3.99. The topological polar surface area (TPSA) is 97.7 Å². The zero-order valence-electron chi connectivity index (χ0n) is 19.5. The highest BCUT2D eigenvalue weighted by Crippen LogP contribution is 2.31. The van der Waals surface area contributed by atoms with E-state index in [0.717, 1.165) is 5.56 Å². The number of hydrogen-bond donors (Lipinski definition) is 1. The normalized spacial score (nSPS) is 10.8. The number of nitrogens with one attached hydrogen (secondary N) is 1. The van der Waals surface area contributed by atoms with Crippen molar-refractivity contribution in [3.05, 3.63) is 93.0 Å². The molecule has 0 aliphatic rings. The highest BCUT2D eigenvalue weighted by Gasteiger charge is 2.13. The van der Waals surface area contributed by atoms with E-state index < -0.39 is 11.9 Å². The van der Waals surface area contributed by atoms with E-state index in [0.29, 0.717) is 38.4 Å². The van der Waals surface area contributed by atoms with Gasteiger partial charge in [0.2, 0.25) is 0 Å². The van der Waals surface area contributed by atoms with Crippen LogP contribution in [0.1, 0.15) is 28.4 Å². The summed E-state index contributed by atoms with van der Waals surface area (Å²) in [7, 11) is 1.49. The molecule has 184 valence electrons. The molecule has 0 bridgehead atoms. The fourth-order valence-corrected chi connectivity index (χ4v) is 3.57. The van der Waals surface area contributed by atoms with Crippen molar-refractivity contribution < 1.29 is 23.8 Å². The van der Waals surface area contributed by atoms with Crippen LogP contribution in [0.15, 0.2) is 66.2 Å². The number of benzene rings is 3. The lowest BCUT2D eigenvalue weighted by Gasteiger charge is -2.12. The first-order valence-electron chi connectivity index (χ1n) is 10.8. The van der Waals surface area contributed by atoms with Gasteiger partial charge >= 0.3 is 5.97 Å². The summed E-state index contributed by atoms with van der Waals surface area (Å²) >= 11 is 12.1. The van der Waals surface area contributed by atoms with Gasteiger partial charge in [-0.15, -0.1) is 0 Å². The van der Waals surface area contributed by atoms with Gasteiger partial charge in [-0.05, 0) is 67.1 Å². The highest BCUT2D eigenvalue weighted by atomic mass is 35.5. The van der Waals surface area contributed by atoms with Crippen LogP contribution in [0.4, 0.5) is 5.69 Å². The van der Waals surface area contributed by atoms with Gasteiger partial charge in [0, 0.05) is 21.3 Å². The second-order valence-corrected chi connectivity index (χ2v) is 8.20. The maximum atomic E-state index is 12.6. The fraction of sp³-hybridized carbons (Fsp3) is 0.148. The standard InChI is InChI=1S/C27H22Cl2N2O5/c1-3-35-27(33)18-6-9-22(10-7-18)31-26(32)20(15-30)12-17-4-11-24(25(13-17)34-2)36-16-19-5-8-21(28)14-23(19)29/h4-14H,3,16H2,1-2H3,(H,31,32)/b20-12+. The number of hydrogen-bond acceptors (Lipinski definition) is 6. The summed E-state index contributed by atoms with van der Waals surface area (Å²) in [6.07, 6.45) is 1.44. The predicted octanol–water partition coefficient (Wildman–Crippen LogP) is 6.30. The van der Waals surface area contributed by atoms with Crippen molar-refractivity contribution in [2.75, 3.05) is 19.0 Å². The Balaban J connectivity index is 1.71. The van der Waals surface area contributed by atoms with Crippen molar-refractivity contribution in [2.45, 2.75) is 13.5 Å². The fourth-order valence-electron chi connectivity index (χ4n) is 3.11. The maximum absolute atomic E-state index is 12.6. The van der Waals surface area contributed by atoms with Crippen LogP contribution >= 0.6 is 23.2 Å². The van der Waals surface area contributed by atoms with E-state index in [2.05, 4.69) is 5.32 Å². The van der Waals surface area contributed by atoms with E-state index in [-0.39, 0.29) is 18.8 Å². The molecule has 0 spiro atoms. The van der Waals surface area contributed by atoms with Gasteiger partial charge in [0.1, 0.15) is 18.2 Å². The van der Waals surface area contributed by atoms with E-state index in [4.69, 9.17) is 37.4 Å². The molecule has 0 atom stereocenters. The third-order valence-corrected chi connectivity index (χ3v) is 5.50. The van der Waals surface area contributed by atoms with Gasteiger partial charge in [0.05, 0.1) is 19.3 Å². The average Bonchev–Trinajstić information content (AvgIpc) is 2.87. The monoisotopic (exact) mass is 524 g/mol. The molecule has 36 heavy (non-hydrogen) atoms. The van der Waals surface area contributed by atoms with E-state index in [1.54, 1.807) is 55.5 Å². The van der Waals surface area contributed by atoms with Gasteiger partial charge in [-0.25, -0.2) is 4.79 Å². The first-order valence-corrected chi connectivity index (χ1v) is 11.5. The quantitative estimate of drug-likeness (QED) is 0.200.